The van der Waals surface area contributed by atoms with E-state index in [1.165, 1.54) is 24.6 Å². The number of hydrogen-bond acceptors (Lipinski definition) is 6. The van der Waals surface area contributed by atoms with E-state index < -0.39 is 15.8 Å². The zero-order chi connectivity index (χ0) is 17.4. The lowest BCUT2D eigenvalue weighted by atomic mass is 9.96. The highest BCUT2D eigenvalue weighted by Gasteiger charge is 2.50. The Balaban J connectivity index is 1.64. The fourth-order valence-electron chi connectivity index (χ4n) is 2.74. The first-order valence-electron chi connectivity index (χ1n) is 7.46. The number of oxime groups is 1. The Morgan fingerprint density at radius 2 is 2.25 bits per heavy atom. The predicted octanol–water partition coefficient (Wildman–Crippen LogP) is 0.0473. The minimum absolute atomic E-state index is 0.181. The van der Waals surface area contributed by atoms with Crippen molar-refractivity contribution in [2.24, 2.45) is 5.16 Å². The maximum absolute atomic E-state index is 12.3. The molecule has 1 N–H and O–H groups in total. The van der Waals surface area contributed by atoms with E-state index in [0.717, 1.165) is 4.31 Å². The fourth-order valence-corrected chi connectivity index (χ4v) is 3.92. The SMILES string of the molecule is CN(C)S(=O)(=O)N1CC[C@@]2(CC(C(=O)Nc3cccnc3)=NO2)C1. The predicted molar refractivity (Wildman–Crippen MR) is 87.5 cm³/mol. The third-order valence-corrected chi connectivity index (χ3v) is 5.98. The second kappa shape index (κ2) is 6.11. The van der Waals surface area contributed by atoms with E-state index >= 15 is 0 Å². The van der Waals surface area contributed by atoms with Crippen LogP contribution in [0.25, 0.3) is 0 Å². The zero-order valence-electron chi connectivity index (χ0n) is 13.5. The average molecular weight is 353 g/mol. The fraction of sp³-hybridized carbons (Fsp3) is 0.500. The van der Waals surface area contributed by atoms with E-state index in [9.17, 15) is 13.2 Å². The largest absolute Gasteiger partial charge is 0.387 e. The summed E-state index contributed by atoms with van der Waals surface area (Å²) in [6.07, 6.45) is 3.91. The van der Waals surface area contributed by atoms with Crippen molar-refractivity contribution < 1.29 is 18.0 Å². The minimum atomic E-state index is -3.50. The average Bonchev–Trinajstić information content (AvgIpc) is 3.16. The normalized spacial score (nSPS) is 24.2. The number of carbonyl (C=O) groups is 1. The van der Waals surface area contributed by atoms with Crippen LogP contribution in [-0.4, -0.2) is 66.4 Å². The molecule has 1 fully saturated rings. The number of aromatic nitrogens is 1. The van der Waals surface area contributed by atoms with Crippen LogP contribution in [-0.2, 0) is 19.8 Å². The molecule has 0 saturated carbocycles. The third kappa shape index (κ3) is 3.12. The summed E-state index contributed by atoms with van der Waals surface area (Å²) < 4.78 is 26.9. The van der Waals surface area contributed by atoms with Crippen LogP contribution in [0.5, 0.6) is 0 Å². The maximum Gasteiger partial charge on any atom is 0.281 e. The molecule has 0 bridgehead atoms. The summed E-state index contributed by atoms with van der Waals surface area (Å²) in [7, 11) is -0.529. The number of rotatable bonds is 4. The molecule has 1 spiro atoms. The van der Waals surface area contributed by atoms with E-state index in [0.29, 0.717) is 18.7 Å². The molecule has 9 nitrogen and oxygen atoms in total. The molecular formula is C14H19N5O4S. The van der Waals surface area contributed by atoms with Crippen LogP contribution in [0, 0.1) is 0 Å². The Morgan fingerprint density at radius 3 is 2.92 bits per heavy atom. The van der Waals surface area contributed by atoms with Gasteiger partial charge in [-0.25, -0.2) is 0 Å². The van der Waals surface area contributed by atoms with Gasteiger partial charge in [0.15, 0.2) is 5.60 Å². The summed E-state index contributed by atoms with van der Waals surface area (Å²) in [5.74, 6) is -0.367. The lowest BCUT2D eigenvalue weighted by molar-refractivity contribution is -0.110. The molecule has 3 rings (SSSR count). The highest BCUT2D eigenvalue weighted by molar-refractivity contribution is 7.86. The summed E-state index contributed by atoms with van der Waals surface area (Å²) in [5, 5.41) is 6.58. The van der Waals surface area contributed by atoms with Gasteiger partial charge in [-0.3, -0.25) is 9.78 Å². The zero-order valence-corrected chi connectivity index (χ0v) is 14.3. The van der Waals surface area contributed by atoms with E-state index in [-0.39, 0.29) is 24.6 Å². The second-order valence-corrected chi connectivity index (χ2v) is 8.20. The Hall–Kier alpha value is -2.04. The van der Waals surface area contributed by atoms with Crippen molar-refractivity contribution >= 4 is 27.5 Å². The molecule has 0 unspecified atom stereocenters. The number of carbonyl (C=O) groups excluding carboxylic acids is 1. The van der Waals surface area contributed by atoms with Crippen molar-refractivity contribution in [3.05, 3.63) is 24.5 Å². The smallest absolute Gasteiger partial charge is 0.281 e. The monoisotopic (exact) mass is 353 g/mol. The van der Waals surface area contributed by atoms with E-state index in [2.05, 4.69) is 15.5 Å². The standard InChI is InChI=1S/C14H19N5O4S/c1-18(2)24(21,22)19-7-5-14(10-19)8-12(17-23-14)13(20)16-11-4-3-6-15-9-11/h3-4,6,9H,5,7-8,10H2,1-2H3,(H,16,20)/t14-/m1/s1. The van der Waals surface area contributed by atoms with E-state index in [1.54, 1.807) is 18.3 Å². The van der Waals surface area contributed by atoms with Crippen LogP contribution >= 0.6 is 0 Å². The van der Waals surface area contributed by atoms with E-state index in [1.807, 2.05) is 0 Å². The van der Waals surface area contributed by atoms with Gasteiger partial charge in [-0.05, 0) is 12.1 Å². The molecule has 2 aliphatic rings. The van der Waals surface area contributed by atoms with Gasteiger partial charge >= 0.3 is 0 Å². The number of nitrogens with one attached hydrogen (secondary N) is 1. The van der Waals surface area contributed by atoms with Gasteiger partial charge in [-0.2, -0.15) is 17.0 Å². The molecule has 10 heteroatoms. The molecule has 0 aromatic carbocycles. The molecular weight excluding hydrogens is 334 g/mol. The maximum atomic E-state index is 12.3. The van der Waals surface area contributed by atoms with Gasteiger partial charge in [0, 0.05) is 39.7 Å². The van der Waals surface area contributed by atoms with Gasteiger partial charge in [0.05, 0.1) is 18.4 Å². The van der Waals surface area contributed by atoms with Crippen LogP contribution in [0.4, 0.5) is 5.69 Å². The molecule has 0 aliphatic carbocycles. The van der Waals surface area contributed by atoms with Gasteiger partial charge in [0.25, 0.3) is 16.1 Å². The number of pyridine rings is 1. The Labute approximate surface area is 140 Å². The molecule has 1 atom stereocenters. The minimum Gasteiger partial charge on any atom is -0.387 e. The first kappa shape index (κ1) is 16.8. The molecule has 1 aromatic rings. The number of nitrogens with zero attached hydrogens (tertiary/aromatic N) is 4. The molecule has 1 amide bonds. The Morgan fingerprint density at radius 1 is 1.46 bits per heavy atom. The lowest BCUT2D eigenvalue weighted by Crippen LogP contribution is -2.42. The van der Waals surface area contributed by atoms with Gasteiger partial charge < -0.3 is 10.2 Å². The molecule has 1 saturated heterocycles. The van der Waals surface area contributed by atoms with Crippen LogP contribution in [0.3, 0.4) is 0 Å². The van der Waals surface area contributed by atoms with Crippen LogP contribution in [0.2, 0.25) is 0 Å². The molecule has 0 radical (unpaired) electrons. The van der Waals surface area contributed by atoms with Crippen molar-refractivity contribution in [3.8, 4) is 0 Å². The molecule has 130 valence electrons. The lowest BCUT2D eigenvalue weighted by Gasteiger charge is -2.23. The molecule has 24 heavy (non-hydrogen) atoms. The number of hydrogen-bond donors (Lipinski definition) is 1. The quantitative estimate of drug-likeness (QED) is 0.823. The van der Waals surface area contributed by atoms with Gasteiger partial charge in [-0.15, -0.1) is 0 Å². The number of anilines is 1. The summed E-state index contributed by atoms with van der Waals surface area (Å²) in [5.41, 5.74) is 0.0577. The van der Waals surface area contributed by atoms with Crippen molar-refractivity contribution in [1.29, 1.82) is 0 Å². The summed E-state index contributed by atoms with van der Waals surface area (Å²) >= 11 is 0. The number of amides is 1. The summed E-state index contributed by atoms with van der Waals surface area (Å²) in [6.45, 7) is 0.522. The van der Waals surface area contributed by atoms with Gasteiger partial charge in [-0.1, -0.05) is 5.16 Å². The molecule has 2 aliphatic heterocycles. The van der Waals surface area contributed by atoms with Crippen LogP contribution < -0.4 is 5.32 Å². The summed E-state index contributed by atoms with van der Waals surface area (Å²) in [6, 6.07) is 3.43. The highest BCUT2D eigenvalue weighted by Crippen LogP contribution is 2.35. The summed E-state index contributed by atoms with van der Waals surface area (Å²) in [4.78, 5) is 21.6. The van der Waals surface area contributed by atoms with Gasteiger partial charge in [0.2, 0.25) is 0 Å². The highest BCUT2D eigenvalue weighted by atomic mass is 32.2. The Bertz CT molecular complexity index is 765. The van der Waals surface area contributed by atoms with Crippen LogP contribution in [0.1, 0.15) is 12.8 Å². The van der Waals surface area contributed by atoms with Crippen molar-refractivity contribution in [1.82, 2.24) is 13.6 Å². The van der Waals surface area contributed by atoms with E-state index in [4.69, 9.17) is 4.84 Å². The topological polar surface area (TPSA) is 104 Å². The van der Waals surface area contributed by atoms with Crippen molar-refractivity contribution in [3.63, 3.8) is 0 Å². The molecule has 1 aromatic heterocycles. The third-order valence-electron chi connectivity index (χ3n) is 4.09. The van der Waals surface area contributed by atoms with Gasteiger partial charge in [0.1, 0.15) is 5.71 Å². The van der Waals surface area contributed by atoms with Crippen molar-refractivity contribution in [2.45, 2.75) is 18.4 Å². The first-order valence-corrected chi connectivity index (χ1v) is 8.86. The first-order chi connectivity index (χ1) is 11.3. The Kier molecular flexibility index (Phi) is 4.28. The van der Waals surface area contributed by atoms with Crippen LogP contribution in [0.15, 0.2) is 29.7 Å². The molecule has 3 heterocycles. The van der Waals surface area contributed by atoms with Crippen molar-refractivity contribution in [2.75, 3.05) is 32.5 Å². The second-order valence-electron chi connectivity index (χ2n) is 6.06.